The van der Waals surface area contributed by atoms with Gasteiger partial charge in [0, 0.05) is 35.8 Å². The molecular weight excluding hydrogens is 590 g/mol. The molecule has 4 bridgehead atoms. The third-order valence-corrected chi connectivity index (χ3v) is 11.2. The number of ether oxygens (including phenoxy) is 2. The molecule has 8 rings (SSSR count). The predicted octanol–water partition coefficient (Wildman–Crippen LogP) is 6.87. The molecule has 1 heterocycles. The number of carbonyl (C=O) groups is 1. The van der Waals surface area contributed by atoms with Crippen LogP contribution >= 0.6 is 0 Å². The van der Waals surface area contributed by atoms with Crippen LogP contribution in [0.3, 0.4) is 0 Å². The van der Waals surface area contributed by atoms with Gasteiger partial charge in [-0.2, -0.15) is 0 Å². The topological polar surface area (TPSA) is 103 Å². The van der Waals surface area contributed by atoms with Gasteiger partial charge >= 0.3 is 6.03 Å². The fourth-order valence-corrected chi connectivity index (χ4v) is 9.12. The minimum absolute atomic E-state index is 0.0111. The van der Waals surface area contributed by atoms with E-state index in [2.05, 4.69) is 15.5 Å². The standard InChI is InChI=1S/C39H49N3O5/c1-25(36(44)31-7-4-3-5-8-31)42(2)23-34-19-35(30-13-11-26(24-43)12-14-30)47-37(46-34)32-9-6-10-33(18-32)40-38(45)41-39-20-27-15-28(21-39)17-29(16-27)22-39/h3-14,18,25,27-29,34-37,43-44H,15-17,19-24H2,1-2H3,(H2,40,41,45)/t25-,27?,28?,29?,34-,35+,36-,37+,39?/m0/s1. The quantitative estimate of drug-likeness (QED) is 0.193. The van der Waals surface area contributed by atoms with E-state index < -0.39 is 12.4 Å². The van der Waals surface area contributed by atoms with Crippen LogP contribution in [-0.2, 0) is 16.1 Å². The number of benzene rings is 3. The monoisotopic (exact) mass is 639 g/mol. The molecule has 4 saturated carbocycles. The van der Waals surface area contributed by atoms with Crippen LogP contribution in [-0.4, -0.2) is 52.4 Å². The van der Waals surface area contributed by atoms with Crippen LogP contribution in [0.5, 0.6) is 0 Å². The summed E-state index contributed by atoms with van der Waals surface area (Å²) in [5.74, 6) is 2.28. The third-order valence-electron chi connectivity index (χ3n) is 11.2. The van der Waals surface area contributed by atoms with Gasteiger partial charge in [-0.1, -0.05) is 66.7 Å². The molecule has 0 aromatic heterocycles. The zero-order valence-electron chi connectivity index (χ0n) is 27.6. The van der Waals surface area contributed by atoms with Crippen LogP contribution in [0.15, 0.2) is 78.9 Å². The van der Waals surface area contributed by atoms with Crippen molar-refractivity contribution in [2.45, 2.75) is 94.7 Å². The number of likely N-dealkylation sites (N-methyl/N-ethyl adjacent to an activating group) is 1. The second kappa shape index (κ2) is 13.7. The molecule has 8 heteroatoms. The molecule has 47 heavy (non-hydrogen) atoms. The van der Waals surface area contributed by atoms with Crippen molar-refractivity contribution in [3.63, 3.8) is 0 Å². The first-order chi connectivity index (χ1) is 22.8. The summed E-state index contributed by atoms with van der Waals surface area (Å²) in [5, 5.41) is 27.2. The largest absolute Gasteiger partial charge is 0.392 e. The second-order valence-corrected chi connectivity index (χ2v) is 14.8. The first-order valence-corrected chi connectivity index (χ1v) is 17.4. The molecule has 0 radical (unpaired) electrons. The highest BCUT2D eigenvalue weighted by atomic mass is 16.7. The van der Waals surface area contributed by atoms with E-state index in [0.717, 1.165) is 59.3 Å². The molecule has 5 atom stereocenters. The Labute approximate surface area is 278 Å². The van der Waals surface area contributed by atoms with E-state index in [4.69, 9.17) is 9.47 Å². The van der Waals surface area contributed by atoms with Crippen LogP contribution in [0.4, 0.5) is 10.5 Å². The minimum atomic E-state index is -0.646. The average Bonchev–Trinajstić information content (AvgIpc) is 3.07. The SMILES string of the molecule is C[C@@H]([C@H](O)c1ccccc1)N(C)C[C@@H]1C[C@H](c2ccc(CO)cc2)O[C@H](c2cccc(NC(=O)NC34CC5CC(CC(C5)C3)C4)c2)O1. The number of hydrogen-bond donors (Lipinski definition) is 4. The van der Waals surface area contributed by atoms with Gasteiger partial charge in [0.05, 0.1) is 24.9 Å². The van der Waals surface area contributed by atoms with E-state index in [1.54, 1.807) is 0 Å². The van der Waals surface area contributed by atoms with Gasteiger partial charge in [0.2, 0.25) is 0 Å². The van der Waals surface area contributed by atoms with Crippen LogP contribution < -0.4 is 10.6 Å². The van der Waals surface area contributed by atoms with Crippen LogP contribution in [0, 0.1) is 17.8 Å². The lowest BCUT2D eigenvalue weighted by atomic mass is 9.53. The Morgan fingerprint density at radius 1 is 0.894 bits per heavy atom. The lowest BCUT2D eigenvalue weighted by Crippen LogP contribution is -2.60. The lowest BCUT2D eigenvalue weighted by Gasteiger charge is -2.56. The zero-order chi connectivity index (χ0) is 32.5. The third kappa shape index (κ3) is 7.27. The van der Waals surface area contributed by atoms with Gasteiger partial charge in [-0.25, -0.2) is 4.79 Å². The molecule has 1 saturated heterocycles. The molecule has 250 valence electrons. The molecule has 8 nitrogen and oxygen atoms in total. The van der Waals surface area contributed by atoms with Gasteiger partial charge in [0.15, 0.2) is 6.29 Å². The Morgan fingerprint density at radius 2 is 1.57 bits per heavy atom. The zero-order valence-corrected chi connectivity index (χ0v) is 27.6. The molecule has 2 amide bonds. The number of aliphatic hydroxyl groups is 2. The summed E-state index contributed by atoms with van der Waals surface area (Å²) >= 11 is 0. The first kappa shape index (κ1) is 32.3. The molecule has 1 aliphatic heterocycles. The smallest absolute Gasteiger partial charge is 0.319 e. The average molecular weight is 640 g/mol. The summed E-state index contributed by atoms with van der Waals surface area (Å²) in [6.07, 6.45) is 6.27. The molecule has 3 aromatic rings. The molecule has 3 aromatic carbocycles. The van der Waals surface area contributed by atoms with Crippen molar-refractivity contribution in [1.82, 2.24) is 10.2 Å². The summed E-state index contributed by atoms with van der Waals surface area (Å²) in [5.41, 5.74) is 4.23. The fourth-order valence-electron chi connectivity index (χ4n) is 9.12. The Hall–Kier alpha value is -3.27. The van der Waals surface area contributed by atoms with Crippen molar-refractivity contribution >= 4 is 11.7 Å². The summed E-state index contributed by atoms with van der Waals surface area (Å²) in [7, 11) is 2.02. The number of nitrogens with zero attached hydrogens (tertiary/aromatic N) is 1. The van der Waals surface area contributed by atoms with E-state index in [1.165, 1.54) is 19.3 Å². The van der Waals surface area contributed by atoms with Crippen molar-refractivity contribution in [3.05, 3.63) is 101 Å². The van der Waals surface area contributed by atoms with Crippen LogP contribution in [0.2, 0.25) is 0 Å². The fraction of sp³-hybridized carbons (Fsp3) is 0.513. The highest BCUT2D eigenvalue weighted by Crippen LogP contribution is 2.55. The Balaban J connectivity index is 1.06. The van der Waals surface area contributed by atoms with Crippen LogP contribution in [0.25, 0.3) is 0 Å². The summed E-state index contributed by atoms with van der Waals surface area (Å²) in [6, 6.07) is 25.1. The maximum atomic E-state index is 13.3. The molecule has 0 unspecified atom stereocenters. The number of aliphatic hydroxyl groups excluding tert-OH is 2. The molecule has 5 fully saturated rings. The number of amides is 2. The van der Waals surface area contributed by atoms with Crippen molar-refractivity contribution in [3.8, 4) is 0 Å². The normalized spacial score (nSPS) is 31.0. The molecule has 4 N–H and O–H groups in total. The lowest BCUT2D eigenvalue weighted by molar-refractivity contribution is -0.253. The molecule has 4 aliphatic carbocycles. The van der Waals surface area contributed by atoms with Gasteiger partial charge in [-0.3, -0.25) is 4.90 Å². The van der Waals surface area contributed by atoms with Crippen molar-refractivity contribution < 1.29 is 24.5 Å². The maximum Gasteiger partial charge on any atom is 0.319 e. The van der Waals surface area contributed by atoms with Gasteiger partial charge in [-0.05, 0) is 99.1 Å². The Bertz CT molecular complexity index is 1480. The molecular formula is C39H49N3O5. The predicted molar refractivity (Wildman–Crippen MR) is 181 cm³/mol. The maximum absolute atomic E-state index is 13.3. The first-order valence-electron chi connectivity index (χ1n) is 17.4. The molecule has 5 aliphatic rings. The number of urea groups is 1. The van der Waals surface area contributed by atoms with E-state index in [1.807, 2.05) is 92.8 Å². The number of hydrogen-bond acceptors (Lipinski definition) is 6. The Morgan fingerprint density at radius 3 is 2.23 bits per heavy atom. The Kier molecular flexibility index (Phi) is 9.40. The van der Waals surface area contributed by atoms with Crippen molar-refractivity contribution in [1.29, 1.82) is 0 Å². The van der Waals surface area contributed by atoms with Gasteiger partial charge in [-0.15, -0.1) is 0 Å². The van der Waals surface area contributed by atoms with Gasteiger partial charge in [0.25, 0.3) is 0 Å². The summed E-state index contributed by atoms with van der Waals surface area (Å²) < 4.78 is 13.2. The van der Waals surface area contributed by atoms with Crippen LogP contribution in [0.1, 0.15) is 92.6 Å². The number of anilines is 1. The van der Waals surface area contributed by atoms with Crippen molar-refractivity contribution in [2.75, 3.05) is 18.9 Å². The van der Waals surface area contributed by atoms with Gasteiger partial charge in [0.1, 0.15) is 0 Å². The van der Waals surface area contributed by atoms with E-state index in [-0.39, 0.29) is 36.4 Å². The highest BCUT2D eigenvalue weighted by molar-refractivity contribution is 5.90. The highest BCUT2D eigenvalue weighted by Gasteiger charge is 2.51. The second-order valence-electron chi connectivity index (χ2n) is 14.8. The number of rotatable bonds is 10. The number of nitrogens with one attached hydrogen (secondary N) is 2. The summed E-state index contributed by atoms with van der Waals surface area (Å²) in [6.45, 7) is 2.62. The van der Waals surface area contributed by atoms with E-state index in [0.29, 0.717) is 18.7 Å². The minimum Gasteiger partial charge on any atom is -0.392 e. The van der Waals surface area contributed by atoms with Crippen molar-refractivity contribution in [2.24, 2.45) is 17.8 Å². The molecule has 0 spiro atoms. The van der Waals surface area contributed by atoms with E-state index >= 15 is 0 Å². The van der Waals surface area contributed by atoms with Gasteiger partial charge < -0.3 is 30.3 Å². The van der Waals surface area contributed by atoms with E-state index in [9.17, 15) is 15.0 Å². The number of carbonyl (C=O) groups excluding carboxylic acids is 1. The summed E-state index contributed by atoms with van der Waals surface area (Å²) in [4.78, 5) is 15.5.